The van der Waals surface area contributed by atoms with Crippen LogP contribution >= 0.6 is 0 Å². The molecule has 1 amide bonds. The van der Waals surface area contributed by atoms with E-state index in [9.17, 15) is 18.0 Å². The predicted octanol–water partition coefficient (Wildman–Crippen LogP) is 6.00. The van der Waals surface area contributed by atoms with Crippen molar-refractivity contribution in [3.8, 4) is 11.6 Å². The van der Waals surface area contributed by atoms with Gasteiger partial charge in [0.15, 0.2) is 0 Å². The van der Waals surface area contributed by atoms with Gasteiger partial charge in [0.05, 0.1) is 28.5 Å². The molecule has 0 fully saturated rings. The maximum atomic E-state index is 13.7. The van der Waals surface area contributed by atoms with Gasteiger partial charge >= 0.3 is 6.18 Å². The molecule has 4 rings (SSSR count). The molecule has 156 valence electrons. The molecule has 1 N–H and O–H groups in total. The Labute approximate surface area is 175 Å². The van der Waals surface area contributed by atoms with Gasteiger partial charge in [-0.2, -0.15) is 13.2 Å². The highest BCUT2D eigenvalue weighted by Crippen LogP contribution is 2.37. The van der Waals surface area contributed by atoms with Crippen LogP contribution in [0.15, 0.2) is 73.1 Å². The van der Waals surface area contributed by atoms with Gasteiger partial charge in [0.1, 0.15) is 5.75 Å². The molecule has 0 aliphatic rings. The molecule has 2 aromatic heterocycles. The number of anilines is 1. The molecule has 2 heterocycles. The molecule has 0 aliphatic heterocycles. The number of alkyl halides is 3. The van der Waals surface area contributed by atoms with E-state index >= 15 is 0 Å². The van der Waals surface area contributed by atoms with Crippen molar-refractivity contribution in [1.29, 1.82) is 0 Å². The lowest BCUT2D eigenvalue weighted by molar-refractivity contribution is -0.136. The second-order valence-corrected chi connectivity index (χ2v) is 6.82. The van der Waals surface area contributed by atoms with Gasteiger partial charge in [-0.1, -0.05) is 35.9 Å². The monoisotopic (exact) mass is 423 g/mol. The van der Waals surface area contributed by atoms with Gasteiger partial charge in [-0.05, 0) is 31.2 Å². The Morgan fingerprint density at radius 1 is 0.935 bits per heavy atom. The number of hydrogen-bond acceptors (Lipinski definition) is 4. The summed E-state index contributed by atoms with van der Waals surface area (Å²) < 4.78 is 46.8. The second-order valence-electron chi connectivity index (χ2n) is 6.82. The van der Waals surface area contributed by atoms with Crippen molar-refractivity contribution in [3.63, 3.8) is 0 Å². The van der Waals surface area contributed by atoms with Crippen LogP contribution in [0.5, 0.6) is 11.6 Å². The first kappa shape index (κ1) is 20.3. The van der Waals surface area contributed by atoms with Gasteiger partial charge < -0.3 is 10.1 Å². The molecule has 0 aliphatic carbocycles. The van der Waals surface area contributed by atoms with Crippen molar-refractivity contribution in [1.82, 2.24) is 9.97 Å². The minimum absolute atomic E-state index is 0.136. The molecule has 0 bridgehead atoms. The number of aryl methyl sites for hydroxylation is 1. The molecule has 0 spiro atoms. The second kappa shape index (κ2) is 8.06. The average Bonchev–Trinajstić information content (AvgIpc) is 2.75. The zero-order valence-electron chi connectivity index (χ0n) is 16.3. The van der Waals surface area contributed by atoms with Crippen molar-refractivity contribution in [2.75, 3.05) is 5.32 Å². The summed E-state index contributed by atoms with van der Waals surface area (Å²) in [5, 5.41) is 2.30. The molecule has 0 atom stereocenters. The van der Waals surface area contributed by atoms with Gasteiger partial charge in [-0.25, -0.2) is 4.98 Å². The van der Waals surface area contributed by atoms with Crippen LogP contribution in [-0.4, -0.2) is 15.9 Å². The summed E-state index contributed by atoms with van der Waals surface area (Å²) in [4.78, 5) is 20.7. The van der Waals surface area contributed by atoms with E-state index in [1.54, 1.807) is 18.2 Å². The number of rotatable bonds is 4. The summed E-state index contributed by atoms with van der Waals surface area (Å²) in [6, 6.07) is 16.2. The van der Waals surface area contributed by atoms with Crippen molar-refractivity contribution in [3.05, 3.63) is 89.7 Å². The molecule has 5 nitrogen and oxygen atoms in total. The normalized spacial score (nSPS) is 11.4. The minimum atomic E-state index is -4.72. The summed E-state index contributed by atoms with van der Waals surface area (Å²) in [5.74, 6) is -0.0586. The first-order chi connectivity index (χ1) is 14.8. The van der Waals surface area contributed by atoms with Gasteiger partial charge in [0, 0.05) is 17.6 Å². The highest BCUT2D eigenvalue weighted by molar-refractivity contribution is 6.07. The number of carbonyl (C=O) groups excluding carboxylic acids is 1. The van der Waals surface area contributed by atoms with Gasteiger partial charge in [-0.15, -0.1) is 0 Å². The highest BCUT2D eigenvalue weighted by Gasteiger charge is 2.37. The van der Waals surface area contributed by atoms with Crippen molar-refractivity contribution in [2.45, 2.75) is 13.1 Å². The lowest BCUT2D eigenvalue weighted by Gasteiger charge is -2.15. The van der Waals surface area contributed by atoms with Crippen LogP contribution in [0.25, 0.3) is 10.9 Å². The number of ether oxygens (including phenoxy) is 1. The largest absolute Gasteiger partial charge is 0.439 e. The van der Waals surface area contributed by atoms with Crippen LogP contribution in [0.4, 0.5) is 18.9 Å². The maximum absolute atomic E-state index is 13.7. The summed E-state index contributed by atoms with van der Waals surface area (Å²) in [5.41, 5.74) is -0.123. The van der Waals surface area contributed by atoms with Crippen LogP contribution in [0, 0.1) is 6.92 Å². The highest BCUT2D eigenvalue weighted by atomic mass is 19.4. The van der Waals surface area contributed by atoms with E-state index in [0.29, 0.717) is 5.75 Å². The van der Waals surface area contributed by atoms with E-state index < -0.39 is 23.2 Å². The Hall–Kier alpha value is -3.94. The lowest BCUT2D eigenvalue weighted by atomic mass is 10.0. The smallest absolute Gasteiger partial charge is 0.417 e. The van der Waals surface area contributed by atoms with Crippen LogP contribution in [-0.2, 0) is 6.18 Å². The fraction of sp³-hybridized carbons (Fsp3) is 0.0870. The van der Waals surface area contributed by atoms with Gasteiger partial charge in [0.25, 0.3) is 5.91 Å². The SMILES string of the molecule is Cc1ccc(Oc2ccc(NC(=O)c3cnc4ccccc4c3C(F)(F)F)cn2)cc1. The third-order valence-electron chi connectivity index (χ3n) is 4.54. The zero-order valence-corrected chi connectivity index (χ0v) is 16.3. The van der Waals surface area contributed by atoms with E-state index in [1.807, 2.05) is 19.1 Å². The van der Waals surface area contributed by atoms with E-state index in [1.165, 1.54) is 36.5 Å². The molecule has 0 radical (unpaired) electrons. The third-order valence-corrected chi connectivity index (χ3v) is 4.54. The summed E-state index contributed by atoms with van der Waals surface area (Å²) in [6.07, 6.45) is -2.48. The standard InChI is InChI=1S/C23H16F3N3O2/c1-14-6-9-16(10-7-14)31-20-11-8-15(12-28-20)29-22(30)18-13-27-19-5-3-2-4-17(19)21(18)23(24,25)26/h2-13H,1H3,(H,29,30). The van der Waals surface area contributed by atoms with Crippen molar-refractivity contribution < 1.29 is 22.7 Å². The fourth-order valence-electron chi connectivity index (χ4n) is 3.06. The number of amides is 1. The van der Waals surface area contributed by atoms with E-state index in [4.69, 9.17) is 4.74 Å². The van der Waals surface area contributed by atoms with Gasteiger partial charge in [0.2, 0.25) is 5.88 Å². The van der Waals surface area contributed by atoms with Crippen LogP contribution in [0.2, 0.25) is 0 Å². The minimum Gasteiger partial charge on any atom is -0.439 e. The molecule has 8 heteroatoms. The average molecular weight is 423 g/mol. The predicted molar refractivity (Wildman–Crippen MR) is 110 cm³/mol. The number of carbonyl (C=O) groups is 1. The fourth-order valence-corrected chi connectivity index (χ4v) is 3.06. The Bertz CT molecular complexity index is 1240. The molecule has 0 unspecified atom stereocenters. The Morgan fingerprint density at radius 2 is 1.68 bits per heavy atom. The van der Waals surface area contributed by atoms with Crippen LogP contribution < -0.4 is 10.1 Å². The molecular weight excluding hydrogens is 407 g/mol. The van der Waals surface area contributed by atoms with Crippen molar-refractivity contribution >= 4 is 22.5 Å². The number of fused-ring (bicyclic) bond motifs is 1. The number of benzene rings is 2. The van der Waals surface area contributed by atoms with E-state index in [2.05, 4.69) is 15.3 Å². The van der Waals surface area contributed by atoms with Crippen LogP contribution in [0.1, 0.15) is 21.5 Å². The first-order valence-corrected chi connectivity index (χ1v) is 9.28. The number of halogens is 3. The Kier molecular flexibility index (Phi) is 5.29. The topological polar surface area (TPSA) is 64.1 Å². The van der Waals surface area contributed by atoms with Crippen LogP contribution in [0.3, 0.4) is 0 Å². The van der Waals surface area contributed by atoms with E-state index in [0.717, 1.165) is 11.8 Å². The van der Waals surface area contributed by atoms with Crippen molar-refractivity contribution in [2.24, 2.45) is 0 Å². The first-order valence-electron chi connectivity index (χ1n) is 9.28. The number of nitrogens with zero attached hydrogens (tertiary/aromatic N) is 2. The molecular formula is C23H16F3N3O2. The molecule has 31 heavy (non-hydrogen) atoms. The number of hydrogen-bond donors (Lipinski definition) is 1. The quantitative estimate of drug-likeness (QED) is 0.437. The summed E-state index contributed by atoms with van der Waals surface area (Å²) in [7, 11) is 0. The molecule has 0 saturated heterocycles. The number of nitrogens with one attached hydrogen (secondary N) is 1. The lowest BCUT2D eigenvalue weighted by Crippen LogP contribution is -2.19. The van der Waals surface area contributed by atoms with Gasteiger partial charge in [-0.3, -0.25) is 9.78 Å². The maximum Gasteiger partial charge on any atom is 0.417 e. The zero-order chi connectivity index (χ0) is 22.0. The molecule has 4 aromatic rings. The summed E-state index contributed by atoms with van der Waals surface area (Å²) >= 11 is 0. The number of para-hydroxylation sites is 1. The van der Waals surface area contributed by atoms with E-state index in [-0.39, 0.29) is 22.5 Å². The summed E-state index contributed by atoms with van der Waals surface area (Å²) in [6.45, 7) is 1.95. The molecule has 0 saturated carbocycles. The number of aromatic nitrogens is 2. The molecule has 2 aromatic carbocycles. The number of pyridine rings is 2. The Morgan fingerprint density at radius 3 is 2.35 bits per heavy atom. The third kappa shape index (κ3) is 4.48. The Balaban J connectivity index is 1.57.